The highest BCUT2D eigenvalue weighted by atomic mass is 16.7. The number of anilines is 1. The zero-order valence-electron chi connectivity index (χ0n) is 8.52. The average Bonchev–Trinajstić information content (AvgIpc) is 2.30. The van der Waals surface area contributed by atoms with Gasteiger partial charge in [-0.2, -0.15) is 5.06 Å². The number of rotatable bonds is 2. The minimum Gasteiger partial charge on any atom is -0.369 e. The van der Waals surface area contributed by atoms with Gasteiger partial charge in [-0.3, -0.25) is 0 Å². The Morgan fingerprint density at radius 1 is 1.00 bits per heavy atom. The van der Waals surface area contributed by atoms with Gasteiger partial charge in [-0.1, -0.05) is 18.2 Å². The van der Waals surface area contributed by atoms with Crippen molar-refractivity contribution in [3.63, 3.8) is 0 Å². The molecule has 3 nitrogen and oxygen atoms in total. The number of piperazine rings is 1. The molecule has 0 saturated carbocycles. The smallest absolute Gasteiger partial charge is 0.0575 e. The normalized spacial score (nSPS) is 18.5. The van der Waals surface area contributed by atoms with E-state index >= 15 is 0 Å². The fourth-order valence-electron chi connectivity index (χ4n) is 1.77. The predicted molar refractivity (Wildman–Crippen MR) is 57.2 cm³/mol. The molecule has 0 bridgehead atoms. The quantitative estimate of drug-likeness (QED) is 0.704. The van der Waals surface area contributed by atoms with Gasteiger partial charge >= 0.3 is 0 Å². The van der Waals surface area contributed by atoms with E-state index in [0.29, 0.717) is 0 Å². The Morgan fingerprint density at radius 2 is 1.64 bits per heavy atom. The van der Waals surface area contributed by atoms with Crippen molar-refractivity contribution in [2.24, 2.45) is 0 Å². The summed E-state index contributed by atoms with van der Waals surface area (Å²) >= 11 is 0. The lowest BCUT2D eigenvalue weighted by Gasteiger charge is -2.34. The maximum Gasteiger partial charge on any atom is 0.0575 e. The van der Waals surface area contributed by atoms with Crippen LogP contribution in [0.25, 0.3) is 0 Å². The largest absolute Gasteiger partial charge is 0.369 e. The van der Waals surface area contributed by atoms with Crippen LogP contribution in [0.4, 0.5) is 5.69 Å². The molecule has 1 fully saturated rings. The highest BCUT2D eigenvalue weighted by Gasteiger charge is 2.15. The molecule has 0 atom stereocenters. The van der Waals surface area contributed by atoms with Crippen molar-refractivity contribution in [3.8, 4) is 0 Å². The molecule has 1 aliphatic rings. The van der Waals surface area contributed by atoms with Gasteiger partial charge in [0.25, 0.3) is 0 Å². The van der Waals surface area contributed by atoms with Crippen LogP contribution in [-0.4, -0.2) is 38.4 Å². The van der Waals surface area contributed by atoms with E-state index in [-0.39, 0.29) is 0 Å². The molecule has 0 N–H and O–H groups in total. The van der Waals surface area contributed by atoms with Crippen LogP contribution in [0, 0.1) is 0 Å². The van der Waals surface area contributed by atoms with Gasteiger partial charge < -0.3 is 9.74 Å². The van der Waals surface area contributed by atoms with Crippen molar-refractivity contribution in [1.82, 2.24) is 5.06 Å². The Kier molecular flexibility index (Phi) is 3.01. The van der Waals surface area contributed by atoms with Gasteiger partial charge in [0.2, 0.25) is 0 Å². The molecular weight excluding hydrogens is 176 g/mol. The fourth-order valence-corrected chi connectivity index (χ4v) is 1.77. The van der Waals surface area contributed by atoms with Crippen LogP contribution in [0.1, 0.15) is 0 Å². The third-order valence-corrected chi connectivity index (χ3v) is 2.62. The third kappa shape index (κ3) is 2.05. The zero-order valence-corrected chi connectivity index (χ0v) is 8.52. The van der Waals surface area contributed by atoms with E-state index in [2.05, 4.69) is 35.2 Å². The molecule has 0 radical (unpaired) electrons. The van der Waals surface area contributed by atoms with Gasteiger partial charge in [-0.15, -0.1) is 0 Å². The monoisotopic (exact) mass is 192 g/mol. The second-order valence-electron chi connectivity index (χ2n) is 3.43. The van der Waals surface area contributed by atoms with E-state index in [9.17, 15) is 0 Å². The first kappa shape index (κ1) is 9.49. The number of nitrogens with zero attached hydrogens (tertiary/aromatic N) is 2. The molecule has 1 aromatic rings. The summed E-state index contributed by atoms with van der Waals surface area (Å²) in [6.45, 7) is 4.03. The molecule has 3 heteroatoms. The molecule has 1 aliphatic heterocycles. The minimum atomic E-state index is 0.978. The van der Waals surface area contributed by atoms with Crippen molar-refractivity contribution in [3.05, 3.63) is 30.3 Å². The summed E-state index contributed by atoms with van der Waals surface area (Å²) in [5.41, 5.74) is 1.31. The lowest BCUT2D eigenvalue weighted by atomic mass is 10.2. The highest BCUT2D eigenvalue weighted by Crippen LogP contribution is 2.15. The maximum absolute atomic E-state index is 5.18. The molecule has 0 spiro atoms. The van der Waals surface area contributed by atoms with E-state index < -0.39 is 0 Å². The second kappa shape index (κ2) is 4.44. The van der Waals surface area contributed by atoms with Gasteiger partial charge in [0.05, 0.1) is 7.11 Å². The molecule has 1 heterocycles. The van der Waals surface area contributed by atoms with Gasteiger partial charge in [0.15, 0.2) is 0 Å². The van der Waals surface area contributed by atoms with Crippen LogP contribution < -0.4 is 4.90 Å². The number of benzene rings is 1. The Balaban J connectivity index is 1.96. The predicted octanol–water partition coefficient (Wildman–Crippen LogP) is 1.37. The Bertz CT molecular complexity index is 268. The summed E-state index contributed by atoms with van der Waals surface area (Å²) in [6.07, 6.45) is 0. The summed E-state index contributed by atoms with van der Waals surface area (Å²) in [4.78, 5) is 7.57. The van der Waals surface area contributed by atoms with E-state index in [4.69, 9.17) is 4.84 Å². The minimum absolute atomic E-state index is 0.978. The first-order valence-electron chi connectivity index (χ1n) is 4.99. The van der Waals surface area contributed by atoms with Crippen molar-refractivity contribution in [2.45, 2.75) is 0 Å². The van der Waals surface area contributed by atoms with Crippen LogP contribution in [0.15, 0.2) is 30.3 Å². The van der Waals surface area contributed by atoms with Crippen LogP contribution >= 0.6 is 0 Å². The first-order chi connectivity index (χ1) is 6.90. The third-order valence-electron chi connectivity index (χ3n) is 2.62. The SMILES string of the molecule is CON1CCN(c2ccccc2)CC1. The van der Waals surface area contributed by atoms with Crippen LogP contribution in [-0.2, 0) is 4.84 Å². The van der Waals surface area contributed by atoms with E-state index in [0.717, 1.165) is 26.2 Å². The average molecular weight is 192 g/mol. The molecule has 0 aromatic heterocycles. The molecule has 0 unspecified atom stereocenters. The van der Waals surface area contributed by atoms with Gasteiger partial charge in [0.1, 0.15) is 0 Å². The molecule has 0 amide bonds. The van der Waals surface area contributed by atoms with Gasteiger partial charge in [-0.25, -0.2) is 0 Å². The van der Waals surface area contributed by atoms with Crippen LogP contribution in [0.2, 0.25) is 0 Å². The molecule has 76 valence electrons. The molecule has 0 aliphatic carbocycles. The maximum atomic E-state index is 5.18. The molecular formula is C11H16N2O. The van der Waals surface area contributed by atoms with Gasteiger partial charge in [0, 0.05) is 31.9 Å². The van der Waals surface area contributed by atoms with E-state index in [1.54, 1.807) is 7.11 Å². The molecule has 1 aromatic carbocycles. The van der Waals surface area contributed by atoms with E-state index in [1.807, 2.05) is 5.06 Å². The van der Waals surface area contributed by atoms with E-state index in [1.165, 1.54) is 5.69 Å². The van der Waals surface area contributed by atoms with Crippen LogP contribution in [0.5, 0.6) is 0 Å². The molecule has 2 rings (SSSR count). The Labute approximate surface area is 84.8 Å². The lowest BCUT2D eigenvalue weighted by molar-refractivity contribution is -0.133. The second-order valence-corrected chi connectivity index (χ2v) is 3.43. The number of hydroxylamine groups is 2. The molecule has 14 heavy (non-hydrogen) atoms. The number of hydrogen-bond acceptors (Lipinski definition) is 3. The van der Waals surface area contributed by atoms with Crippen LogP contribution in [0.3, 0.4) is 0 Å². The van der Waals surface area contributed by atoms with Crippen molar-refractivity contribution in [2.75, 3.05) is 38.2 Å². The fraction of sp³-hybridized carbons (Fsp3) is 0.455. The number of para-hydroxylation sites is 1. The number of hydrogen-bond donors (Lipinski definition) is 0. The summed E-state index contributed by atoms with van der Waals surface area (Å²) in [7, 11) is 1.73. The van der Waals surface area contributed by atoms with Gasteiger partial charge in [-0.05, 0) is 12.1 Å². The van der Waals surface area contributed by atoms with Crippen molar-refractivity contribution in [1.29, 1.82) is 0 Å². The standard InChI is InChI=1S/C11H16N2O/c1-14-13-9-7-12(8-10-13)11-5-3-2-4-6-11/h2-6H,7-10H2,1H3. The summed E-state index contributed by atoms with van der Waals surface area (Å²) < 4.78 is 0. The molecule has 1 saturated heterocycles. The zero-order chi connectivity index (χ0) is 9.80. The van der Waals surface area contributed by atoms with Crippen molar-refractivity contribution < 1.29 is 4.84 Å². The lowest BCUT2D eigenvalue weighted by Crippen LogP contribution is -2.45. The topological polar surface area (TPSA) is 15.7 Å². The highest BCUT2D eigenvalue weighted by molar-refractivity contribution is 5.46. The Morgan fingerprint density at radius 3 is 2.21 bits per heavy atom. The summed E-state index contributed by atoms with van der Waals surface area (Å²) in [5, 5.41) is 2.00. The Hall–Kier alpha value is -1.06. The van der Waals surface area contributed by atoms with Crippen molar-refractivity contribution >= 4 is 5.69 Å². The first-order valence-corrected chi connectivity index (χ1v) is 4.99. The summed E-state index contributed by atoms with van der Waals surface area (Å²) in [5.74, 6) is 0. The summed E-state index contributed by atoms with van der Waals surface area (Å²) in [6, 6.07) is 10.5.